The summed E-state index contributed by atoms with van der Waals surface area (Å²) in [5, 5.41) is 1.92. The minimum Gasteiger partial charge on any atom is -0.496 e. The standard InChI is InChI=1S/C20H23ClN4OS/c1-13-10-17-19(22-14(2)23-20(17)27-13)25-8-6-24(7-9-25)12-15-11-16(21)4-5-18(15)26-3/h4-5,10-11H,6-9,12H2,1-3H3. The molecule has 3 aromatic rings. The van der Waals surface area contributed by atoms with Gasteiger partial charge in [-0.3, -0.25) is 4.90 Å². The Morgan fingerprint density at radius 1 is 1.11 bits per heavy atom. The van der Waals surface area contributed by atoms with Gasteiger partial charge in [-0.2, -0.15) is 0 Å². The highest BCUT2D eigenvalue weighted by atomic mass is 35.5. The summed E-state index contributed by atoms with van der Waals surface area (Å²) < 4.78 is 5.48. The molecule has 2 aromatic heterocycles. The Morgan fingerprint density at radius 3 is 2.63 bits per heavy atom. The van der Waals surface area contributed by atoms with E-state index in [-0.39, 0.29) is 0 Å². The lowest BCUT2D eigenvalue weighted by Crippen LogP contribution is -2.46. The lowest BCUT2D eigenvalue weighted by atomic mass is 10.1. The van der Waals surface area contributed by atoms with E-state index in [1.165, 1.54) is 10.3 Å². The summed E-state index contributed by atoms with van der Waals surface area (Å²) in [5.74, 6) is 2.80. The SMILES string of the molecule is COc1ccc(Cl)cc1CN1CCN(c2nc(C)nc3sc(C)cc23)CC1. The molecule has 0 unspecified atom stereocenters. The Hall–Kier alpha value is -1.89. The maximum atomic E-state index is 6.17. The van der Waals surface area contributed by atoms with Crippen molar-refractivity contribution in [3.63, 3.8) is 0 Å². The predicted octanol–water partition coefficient (Wildman–Crippen LogP) is 4.29. The van der Waals surface area contributed by atoms with Crippen LogP contribution in [0.1, 0.15) is 16.3 Å². The lowest BCUT2D eigenvalue weighted by molar-refractivity contribution is 0.245. The maximum absolute atomic E-state index is 6.17. The number of nitrogens with zero attached hydrogens (tertiary/aromatic N) is 4. The first-order chi connectivity index (χ1) is 13.0. The average molecular weight is 403 g/mol. The number of methoxy groups -OCH3 is 1. The number of anilines is 1. The minimum atomic E-state index is 0.746. The molecule has 0 spiro atoms. The largest absolute Gasteiger partial charge is 0.496 e. The molecule has 0 aliphatic carbocycles. The third kappa shape index (κ3) is 3.88. The second-order valence-electron chi connectivity index (χ2n) is 6.89. The number of halogens is 1. The fourth-order valence-corrected chi connectivity index (χ4v) is 4.72. The van der Waals surface area contributed by atoms with Crippen LogP contribution in [0.25, 0.3) is 10.2 Å². The van der Waals surface area contributed by atoms with Gasteiger partial charge in [-0.1, -0.05) is 11.6 Å². The monoisotopic (exact) mass is 402 g/mol. The van der Waals surface area contributed by atoms with E-state index in [2.05, 4.69) is 27.8 Å². The first-order valence-corrected chi connectivity index (χ1v) is 10.3. The Morgan fingerprint density at radius 2 is 1.89 bits per heavy atom. The number of aromatic nitrogens is 2. The molecule has 27 heavy (non-hydrogen) atoms. The lowest BCUT2D eigenvalue weighted by Gasteiger charge is -2.36. The molecule has 142 valence electrons. The van der Waals surface area contributed by atoms with Crippen molar-refractivity contribution in [2.24, 2.45) is 0 Å². The molecular weight excluding hydrogens is 380 g/mol. The van der Waals surface area contributed by atoms with Crippen molar-refractivity contribution in [3.05, 3.63) is 45.6 Å². The van der Waals surface area contributed by atoms with E-state index in [0.717, 1.165) is 65.5 Å². The van der Waals surface area contributed by atoms with Crippen LogP contribution in [0.5, 0.6) is 5.75 Å². The molecule has 0 saturated carbocycles. The molecule has 1 aliphatic rings. The van der Waals surface area contributed by atoms with Gasteiger partial charge in [0.15, 0.2) is 0 Å². The van der Waals surface area contributed by atoms with Crippen LogP contribution < -0.4 is 9.64 Å². The number of hydrogen-bond donors (Lipinski definition) is 0. The summed E-state index contributed by atoms with van der Waals surface area (Å²) in [6, 6.07) is 8.01. The number of ether oxygens (including phenoxy) is 1. The molecule has 3 heterocycles. The normalized spacial score (nSPS) is 15.5. The first-order valence-electron chi connectivity index (χ1n) is 9.08. The molecule has 7 heteroatoms. The van der Waals surface area contributed by atoms with E-state index in [0.29, 0.717) is 0 Å². The zero-order valence-electron chi connectivity index (χ0n) is 15.8. The summed E-state index contributed by atoms with van der Waals surface area (Å²) in [4.78, 5) is 16.5. The molecule has 0 amide bonds. The van der Waals surface area contributed by atoms with Gasteiger partial charge in [0.05, 0.1) is 12.5 Å². The summed E-state index contributed by atoms with van der Waals surface area (Å²) in [5.41, 5.74) is 1.13. The third-order valence-corrected chi connectivity index (χ3v) is 6.10. The van der Waals surface area contributed by atoms with Crippen molar-refractivity contribution in [1.82, 2.24) is 14.9 Å². The molecule has 1 aromatic carbocycles. The summed E-state index contributed by atoms with van der Waals surface area (Å²) >= 11 is 7.91. The number of aryl methyl sites for hydroxylation is 2. The number of rotatable bonds is 4. The molecular formula is C20H23ClN4OS. The van der Waals surface area contributed by atoms with Crippen molar-refractivity contribution in [3.8, 4) is 5.75 Å². The summed E-state index contributed by atoms with van der Waals surface area (Å²) in [6.07, 6.45) is 0. The van der Waals surface area contributed by atoms with Crippen LogP contribution in [0.2, 0.25) is 5.02 Å². The molecule has 1 aliphatic heterocycles. The average Bonchev–Trinajstić information content (AvgIpc) is 3.02. The van der Waals surface area contributed by atoms with Crippen molar-refractivity contribution >= 4 is 39.0 Å². The number of piperazine rings is 1. The van der Waals surface area contributed by atoms with Gasteiger partial charge in [0.2, 0.25) is 0 Å². The van der Waals surface area contributed by atoms with E-state index in [1.807, 2.05) is 25.1 Å². The second-order valence-corrected chi connectivity index (χ2v) is 8.56. The van der Waals surface area contributed by atoms with E-state index in [9.17, 15) is 0 Å². The predicted molar refractivity (Wildman–Crippen MR) is 112 cm³/mol. The van der Waals surface area contributed by atoms with Crippen LogP contribution in [0.4, 0.5) is 5.82 Å². The van der Waals surface area contributed by atoms with Gasteiger partial charge in [-0.05, 0) is 38.1 Å². The van der Waals surface area contributed by atoms with Gasteiger partial charge in [-0.15, -0.1) is 11.3 Å². The zero-order valence-corrected chi connectivity index (χ0v) is 17.4. The molecule has 5 nitrogen and oxygen atoms in total. The molecule has 4 rings (SSSR count). The quantitative estimate of drug-likeness (QED) is 0.651. The number of thiophene rings is 1. The highest BCUT2D eigenvalue weighted by Gasteiger charge is 2.22. The number of fused-ring (bicyclic) bond motifs is 1. The van der Waals surface area contributed by atoms with Crippen molar-refractivity contribution in [2.45, 2.75) is 20.4 Å². The number of hydrogen-bond acceptors (Lipinski definition) is 6. The van der Waals surface area contributed by atoms with Gasteiger partial charge < -0.3 is 9.64 Å². The zero-order chi connectivity index (χ0) is 19.0. The fourth-order valence-electron chi connectivity index (χ4n) is 3.60. The van der Waals surface area contributed by atoms with Crippen LogP contribution in [0, 0.1) is 13.8 Å². The van der Waals surface area contributed by atoms with Crippen LogP contribution in [0.3, 0.4) is 0 Å². The highest BCUT2D eigenvalue weighted by Crippen LogP contribution is 2.31. The Kier molecular flexibility index (Phi) is 5.21. The first kappa shape index (κ1) is 18.5. The Balaban J connectivity index is 1.49. The molecule has 0 N–H and O–H groups in total. The third-order valence-electron chi connectivity index (χ3n) is 4.92. The van der Waals surface area contributed by atoms with Gasteiger partial charge in [-0.25, -0.2) is 9.97 Å². The Labute approximate surface area is 168 Å². The topological polar surface area (TPSA) is 41.5 Å². The molecule has 1 fully saturated rings. The molecule has 0 atom stereocenters. The maximum Gasteiger partial charge on any atom is 0.141 e. The van der Waals surface area contributed by atoms with Crippen LogP contribution >= 0.6 is 22.9 Å². The minimum absolute atomic E-state index is 0.746. The van der Waals surface area contributed by atoms with Gasteiger partial charge in [0, 0.05) is 48.2 Å². The van der Waals surface area contributed by atoms with Crippen molar-refractivity contribution in [2.75, 3.05) is 38.2 Å². The van der Waals surface area contributed by atoms with Crippen LogP contribution in [-0.2, 0) is 6.54 Å². The molecule has 1 saturated heterocycles. The molecule has 0 radical (unpaired) electrons. The van der Waals surface area contributed by atoms with Crippen LogP contribution in [0.15, 0.2) is 24.3 Å². The van der Waals surface area contributed by atoms with E-state index in [4.69, 9.17) is 21.3 Å². The fraction of sp³-hybridized carbons (Fsp3) is 0.400. The molecule has 0 bridgehead atoms. The van der Waals surface area contributed by atoms with Gasteiger partial charge >= 0.3 is 0 Å². The van der Waals surface area contributed by atoms with E-state index in [1.54, 1.807) is 18.4 Å². The van der Waals surface area contributed by atoms with E-state index >= 15 is 0 Å². The van der Waals surface area contributed by atoms with Crippen molar-refractivity contribution in [1.29, 1.82) is 0 Å². The summed E-state index contributed by atoms with van der Waals surface area (Å²) in [6.45, 7) is 8.79. The van der Waals surface area contributed by atoms with Crippen molar-refractivity contribution < 1.29 is 4.74 Å². The van der Waals surface area contributed by atoms with Gasteiger partial charge in [0.1, 0.15) is 22.2 Å². The summed E-state index contributed by atoms with van der Waals surface area (Å²) in [7, 11) is 1.70. The smallest absolute Gasteiger partial charge is 0.141 e. The number of benzene rings is 1. The Bertz CT molecular complexity index is 966. The highest BCUT2D eigenvalue weighted by molar-refractivity contribution is 7.18. The van der Waals surface area contributed by atoms with Crippen LogP contribution in [-0.4, -0.2) is 48.2 Å². The van der Waals surface area contributed by atoms with Gasteiger partial charge in [0.25, 0.3) is 0 Å². The van der Waals surface area contributed by atoms with E-state index < -0.39 is 0 Å². The second kappa shape index (κ2) is 7.62.